The van der Waals surface area contributed by atoms with Crippen molar-refractivity contribution in [2.75, 3.05) is 67.6 Å². The van der Waals surface area contributed by atoms with Crippen molar-refractivity contribution in [2.45, 2.75) is 6.54 Å². The van der Waals surface area contributed by atoms with Gasteiger partial charge in [0.2, 0.25) is 0 Å². The van der Waals surface area contributed by atoms with E-state index in [0.717, 1.165) is 144 Å². The molecule has 8 nitrogen and oxygen atoms in total. The number of rotatable bonds is 17. The molecule has 4 aliphatic carbocycles. The van der Waals surface area contributed by atoms with Gasteiger partial charge in [0.1, 0.15) is 32.0 Å². The number of benzene rings is 10. The minimum atomic E-state index is 0.0435. The van der Waals surface area contributed by atoms with Crippen LogP contribution in [-0.4, -0.2) is 99.7 Å². The largest absolute Gasteiger partial charge is 0.489 e. The van der Waals surface area contributed by atoms with Crippen molar-refractivity contribution in [3.8, 4) is 5.75 Å². The van der Waals surface area contributed by atoms with Gasteiger partial charge >= 0.3 is 0 Å². The monoisotopic (exact) mass is 1190 g/mol. The average Bonchev–Trinajstić information content (AvgIpc) is 0.889. The number of ketones is 4. The molecule has 0 spiro atoms. The minimum Gasteiger partial charge on any atom is -0.489 e. The van der Waals surface area contributed by atoms with Crippen molar-refractivity contribution >= 4 is 103 Å². The summed E-state index contributed by atoms with van der Waals surface area (Å²) >= 11 is 0. The maximum atomic E-state index is 13.1. The Labute approximate surface area is 533 Å². The molecule has 8 heteroatoms. The van der Waals surface area contributed by atoms with Gasteiger partial charge in [0.25, 0.3) is 0 Å². The van der Waals surface area contributed by atoms with Crippen LogP contribution >= 0.6 is 0 Å². The van der Waals surface area contributed by atoms with E-state index in [-0.39, 0.29) is 29.7 Å². The number of Topliss-reactive ketones (excluding diaryl/α,β-unsaturated/α-hetero) is 4. The maximum absolute atomic E-state index is 13.1. The molecule has 0 unspecified atom stereocenters. The van der Waals surface area contributed by atoms with Crippen molar-refractivity contribution in [2.24, 2.45) is 0 Å². The molecular weight excluding hydrogens is 1120 g/mol. The van der Waals surface area contributed by atoms with Crippen LogP contribution in [0.4, 0.5) is 0 Å². The summed E-state index contributed by atoms with van der Waals surface area (Å²) < 4.78 is 12.7. The number of carbonyl (C=O) groups excluding carboxylic acids is 4. The minimum absolute atomic E-state index is 0.0435. The van der Waals surface area contributed by atoms with Crippen LogP contribution in [0.25, 0.3) is 79.5 Å². The predicted octanol–water partition coefficient (Wildman–Crippen LogP) is 17.8. The third-order valence-corrected chi connectivity index (χ3v) is 16.9. The quantitative estimate of drug-likeness (QED) is 0.0513. The molecule has 91 heavy (non-hydrogen) atoms. The summed E-state index contributed by atoms with van der Waals surface area (Å²) in [6, 6.07) is 64.4. The smallest absolute Gasteiger partial charge is 0.195 e. The molecule has 14 rings (SSSR count). The third kappa shape index (κ3) is 13.7. The predicted molar refractivity (Wildman–Crippen MR) is 377 cm³/mol. The number of nitrogens with zero attached hydrogens (tertiary/aromatic N) is 2. The normalized spacial score (nSPS) is 13.5. The van der Waals surface area contributed by atoms with E-state index in [1.54, 1.807) is 12.2 Å². The van der Waals surface area contributed by atoms with E-state index in [2.05, 4.69) is 139 Å². The molecule has 0 atom stereocenters. The fourth-order valence-corrected chi connectivity index (χ4v) is 12.6. The summed E-state index contributed by atoms with van der Waals surface area (Å²) in [5.74, 6) is 1.17. The Bertz CT molecular complexity index is 4680. The van der Waals surface area contributed by atoms with Crippen molar-refractivity contribution < 1.29 is 37.6 Å². The Hall–Kier alpha value is -10.5. The molecule has 0 fully saturated rings. The summed E-state index contributed by atoms with van der Waals surface area (Å²) in [6.07, 6.45) is 15.2. The lowest BCUT2D eigenvalue weighted by atomic mass is 9.87. The number of ether oxygens (including phenoxy) is 2. The van der Waals surface area contributed by atoms with E-state index < -0.39 is 0 Å². The number of quaternary nitrogens is 2. The SMILES string of the molecule is C=CCOCC1=Cc2cccc3cccc(c23)C1=O.C=CC[N+](C)(C)CC1=Cc2cccc3cccc(c23)C1=O.C=Cc1ccc(C[N+](C)(C)CC2=Cc3cccc4cccc(c34)C2=O)cc1.C=Cc1ccc(OCC2=Cc3cccc4cccc(c34)C2=O)cc1. The van der Waals surface area contributed by atoms with Crippen LogP contribution in [0.5, 0.6) is 5.75 Å². The molecule has 0 aliphatic heterocycles. The summed E-state index contributed by atoms with van der Waals surface area (Å²) in [7, 11) is 8.60. The molecule has 0 saturated carbocycles. The van der Waals surface area contributed by atoms with Gasteiger partial charge in [-0.1, -0.05) is 220 Å². The lowest BCUT2D eigenvalue weighted by molar-refractivity contribution is -0.898. The Kier molecular flexibility index (Phi) is 18.5. The molecule has 450 valence electrons. The van der Waals surface area contributed by atoms with Gasteiger partial charge in [-0.15, -0.1) is 6.58 Å². The van der Waals surface area contributed by atoms with E-state index in [0.29, 0.717) is 30.9 Å². The van der Waals surface area contributed by atoms with Gasteiger partial charge in [0.05, 0.1) is 59.1 Å². The average molecular weight is 1200 g/mol. The summed E-state index contributed by atoms with van der Waals surface area (Å²) in [6.45, 7) is 19.1. The summed E-state index contributed by atoms with van der Waals surface area (Å²) in [5, 5.41) is 8.70. The lowest BCUT2D eigenvalue weighted by Gasteiger charge is -2.31. The van der Waals surface area contributed by atoms with E-state index in [4.69, 9.17) is 9.47 Å². The molecule has 0 heterocycles. The standard InChI is InChI=1S/C25H24NO.C22H16O2.C19H20NO.C17H14O2/c1-4-18-11-13-19(14-12-18)16-26(2,3)17-22-15-21-9-5-7-20-8-6-10-23(24(20)21)25(22)27;1-2-15-9-11-19(12-10-15)24-14-18-13-17-7-3-5-16-6-4-8-20(21(16)17)22(18)23;1-4-11-20(2,3)13-16-12-15-9-5-7-14-8-6-10-17(18(14)15)19(16)21;1-2-9-19-11-14-10-13-7-3-5-12-6-4-8-15(16(12)13)17(14)18/h4-15H,1,16-17H2,2-3H3;2-13H,1,14H2;4-10,12H,1,11,13H2,2-3H3;2-8,10H,1,9,11H2/q+1;;+1;. The fraction of sp³-hybridized carbons (Fsp3) is 0.133. The van der Waals surface area contributed by atoms with Crippen molar-refractivity contribution in [1.82, 2.24) is 0 Å². The molecule has 0 saturated heterocycles. The zero-order valence-corrected chi connectivity index (χ0v) is 52.2. The number of hydrogen-bond acceptors (Lipinski definition) is 6. The Morgan fingerprint density at radius 3 is 1.08 bits per heavy atom. The van der Waals surface area contributed by atoms with Crippen molar-refractivity contribution in [1.29, 1.82) is 0 Å². The number of likely N-dealkylation sites (N-methyl/N-ethyl adjacent to an activating group) is 2. The molecule has 0 amide bonds. The Balaban J connectivity index is 0.000000126. The first-order valence-electron chi connectivity index (χ1n) is 30.6. The van der Waals surface area contributed by atoms with E-state index in [1.165, 1.54) is 5.56 Å². The molecule has 10 aromatic carbocycles. The van der Waals surface area contributed by atoms with Crippen LogP contribution < -0.4 is 4.74 Å². The van der Waals surface area contributed by atoms with Gasteiger partial charge < -0.3 is 18.4 Å². The maximum Gasteiger partial charge on any atom is 0.195 e. The zero-order valence-electron chi connectivity index (χ0n) is 52.2. The van der Waals surface area contributed by atoms with Gasteiger partial charge in [-0.2, -0.15) is 0 Å². The highest BCUT2D eigenvalue weighted by Gasteiger charge is 2.30. The first-order chi connectivity index (χ1) is 44.0. The van der Waals surface area contributed by atoms with Crippen LogP contribution in [0, 0.1) is 0 Å². The molecule has 0 N–H and O–H groups in total. The van der Waals surface area contributed by atoms with Crippen LogP contribution in [0.2, 0.25) is 0 Å². The van der Waals surface area contributed by atoms with Gasteiger partial charge in [0, 0.05) is 60.5 Å². The number of carbonyl (C=O) groups is 4. The van der Waals surface area contributed by atoms with Crippen LogP contribution in [0.15, 0.2) is 255 Å². The highest BCUT2D eigenvalue weighted by atomic mass is 16.5. The van der Waals surface area contributed by atoms with Gasteiger partial charge in [-0.25, -0.2) is 0 Å². The van der Waals surface area contributed by atoms with Crippen LogP contribution in [0.1, 0.15) is 80.4 Å². The first-order valence-corrected chi connectivity index (χ1v) is 30.6. The summed E-state index contributed by atoms with van der Waals surface area (Å²) in [5.41, 5.74) is 14.2. The zero-order chi connectivity index (χ0) is 63.8. The van der Waals surface area contributed by atoms with Gasteiger partial charge in [-0.05, 0) is 97.4 Å². The Morgan fingerprint density at radius 2 is 0.703 bits per heavy atom. The molecular formula is C83H74N2O6+2. The molecule has 4 aliphatic rings. The van der Waals surface area contributed by atoms with Crippen molar-refractivity contribution in [3.05, 3.63) is 316 Å². The van der Waals surface area contributed by atoms with E-state index in [9.17, 15) is 19.2 Å². The molecule has 0 bridgehead atoms. The third-order valence-electron chi connectivity index (χ3n) is 16.9. The lowest BCUT2D eigenvalue weighted by Crippen LogP contribution is -2.42. The Morgan fingerprint density at radius 1 is 0.363 bits per heavy atom. The molecule has 0 radical (unpaired) electrons. The fourth-order valence-electron chi connectivity index (χ4n) is 12.6. The second kappa shape index (κ2) is 27.1. The molecule has 0 aromatic heterocycles. The van der Waals surface area contributed by atoms with Crippen LogP contribution in [0.3, 0.4) is 0 Å². The first kappa shape index (κ1) is 62.1. The topological polar surface area (TPSA) is 86.7 Å². The van der Waals surface area contributed by atoms with Crippen molar-refractivity contribution in [3.63, 3.8) is 0 Å². The second-order valence-corrected chi connectivity index (χ2v) is 24.6. The van der Waals surface area contributed by atoms with Gasteiger partial charge in [-0.3, -0.25) is 19.2 Å². The number of hydrogen-bond donors (Lipinski definition) is 0. The second-order valence-electron chi connectivity index (χ2n) is 24.6. The van der Waals surface area contributed by atoms with Crippen LogP contribution in [-0.2, 0) is 11.3 Å². The molecule has 10 aromatic rings. The van der Waals surface area contributed by atoms with Gasteiger partial charge in [0.15, 0.2) is 23.1 Å². The van der Waals surface area contributed by atoms with E-state index >= 15 is 0 Å². The summed E-state index contributed by atoms with van der Waals surface area (Å²) in [4.78, 5) is 51.1. The highest BCUT2D eigenvalue weighted by Crippen LogP contribution is 2.36. The highest BCUT2D eigenvalue weighted by molar-refractivity contribution is 6.25. The van der Waals surface area contributed by atoms with E-state index in [1.807, 2.05) is 146 Å².